The minimum absolute atomic E-state index is 0.0574. The fourth-order valence-electron chi connectivity index (χ4n) is 4.24. The summed E-state index contributed by atoms with van der Waals surface area (Å²) in [4.78, 5) is 6.77. The predicted octanol–water partition coefficient (Wildman–Crippen LogP) is 2.68. The van der Waals surface area contributed by atoms with E-state index in [2.05, 4.69) is 14.5 Å². The Morgan fingerprint density at radius 3 is 2.71 bits per heavy atom. The quantitative estimate of drug-likeness (QED) is 0.907. The summed E-state index contributed by atoms with van der Waals surface area (Å²) < 4.78 is 2.16. The van der Waals surface area contributed by atoms with Crippen molar-refractivity contribution in [1.82, 2.24) is 14.5 Å². The van der Waals surface area contributed by atoms with Crippen LogP contribution in [-0.4, -0.2) is 44.8 Å². The van der Waals surface area contributed by atoms with E-state index >= 15 is 0 Å². The molecule has 2 aliphatic rings. The van der Waals surface area contributed by atoms with Gasteiger partial charge < -0.3 is 9.67 Å². The summed E-state index contributed by atoms with van der Waals surface area (Å²) in [6, 6.07) is 0.622. The van der Waals surface area contributed by atoms with Crippen LogP contribution in [0.25, 0.3) is 0 Å². The Balaban J connectivity index is 1.53. The summed E-state index contributed by atoms with van der Waals surface area (Å²) in [6.45, 7) is 3.43. The zero-order valence-corrected chi connectivity index (χ0v) is 13.0. The third-order valence-electron chi connectivity index (χ3n) is 5.36. The molecule has 1 aliphatic carbocycles. The summed E-state index contributed by atoms with van der Waals surface area (Å²) in [5.74, 6) is 0.521. The highest BCUT2D eigenvalue weighted by Crippen LogP contribution is 2.34. The molecule has 1 saturated carbocycles. The molecular formula is C17H29N3O. The minimum atomic E-state index is -0.0574. The third kappa shape index (κ3) is 3.86. The van der Waals surface area contributed by atoms with Gasteiger partial charge in [0, 0.05) is 37.4 Å². The van der Waals surface area contributed by atoms with Gasteiger partial charge in [0.05, 0.1) is 12.4 Å². The Morgan fingerprint density at radius 2 is 1.90 bits per heavy atom. The summed E-state index contributed by atoms with van der Waals surface area (Å²) in [5.41, 5.74) is 0. The van der Waals surface area contributed by atoms with Crippen molar-refractivity contribution in [1.29, 1.82) is 0 Å². The molecular weight excluding hydrogens is 262 g/mol. The fraction of sp³-hybridized carbons (Fsp3) is 0.824. The number of piperidine rings is 1. The van der Waals surface area contributed by atoms with E-state index in [0.29, 0.717) is 12.0 Å². The van der Waals surface area contributed by atoms with Gasteiger partial charge in [0.1, 0.15) is 0 Å². The van der Waals surface area contributed by atoms with Crippen molar-refractivity contribution < 1.29 is 5.11 Å². The number of aryl methyl sites for hydroxylation is 1. The Labute approximate surface area is 128 Å². The molecule has 118 valence electrons. The molecule has 0 aromatic carbocycles. The van der Waals surface area contributed by atoms with Gasteiger partial charge in [0.2, 0.25) is 0 Å². The van der Waals surface area contributed by atoms with Crippen LogP contribution in [0.3, 0.4) is 0 Å². The van der Waals surface area contributed by atoms with Crippen molar-refractivity contribution in [2.75, 3.05) is 13.1 Å². The first-order chi connectivity index (χ1) is 10.3. The molecule has 1 N–H and O–H groups in total. The molecule has 0 spiro atoms. The van der Waals surface area contributed by atoms with E-state index in [9.17, 15) is 5.11 Å². The second-order valence-corrected chi connectivity index (χ2v) is 6.77. The van der Waals surface area contributed by atoms with E-state index in [4.69, 9.17) is 0 Å². The Kier molecular flexibility index (Phi) is 5.31. The van der Waals surface area contributed by atoms with Crippen molar-refractivity contribution >= 4 is 0 Å². The summed E-state index contributed by atoms with van der Waals surface area (Å²) in [7, 11) is 0. The molecule has 0 radical (unpaired) electrons. The number of aromatic nitrogens is 2. The van der Waals surface area contributed by atoms with Gasteiger partial charge in [-0.25, -0.2) is 4.98 Å². The van der Waals surface area contributed by atoms with Crippen LogP contribution in [0.4, 0.5) is 0 Å². The lowest BCUT2D eigenvalue weighted by Crippen LogP contribution is -2.49. The minimum Gasteiger partial charge on any atom is -0.393 e. The number of hydrogen-bond acceptors (Lipinski definition) is 3. The second kappa shape index (κ2) is 7.41. The normalized spacial score (nSPS) is 31.4. The SMILES string of the molecule is OC1CCCCC1C1CCCCN1CCCn1ccnc1. The molecule has 3 atom stereocenters. The number of nitrogens with zero attached hydrogens (tertiary/aromatic N) is 3. The molecule has 2 fully saturated rings. The largest absolute Gasteiger partial charge is 0.393 e. The summed E-state index contributed by atoms with van der Waals surface area (Å²) in [5, 5.41) is 10.4. The number of imidazole rings is 1. The van der Waals surface area contributed by atoms with Crippen LogP contribution >= 0.6 is 0 Å². The molecule has 4 nitrogen and oxygen atoms in total. The zero-order valence-electron chi connectivity index (χ0n) is 13.0. The maximum Gasteiger partial charge on any atom is 0.0945 e. The van der Waals surface area contributed by atoms with Crippen LogP contribution in [0.1, 0.15) is 51.4 Å². The van der Waals surface area contributed by atoms with Gasteiger partial charge in [-0.1, -0.05) is 19.3 Å². The van der Waals surface area contributed by atoms with E-state index < -0.39 is 0 Å². The number of aliphatic hydroxyl groups excluding tert-OH is 1. The lowest BCUT2D eigenvalue weighted by Gasteiger charge is -2.43. The molecule has 1 aromatic heterocycles. The molecule has 0 amide bonds. The summed E-state index contributed by atoms with van der Waals surface area (Å²) >= 11 is 0. The van der Waals surface area contributed by atoms with Gasteiger partial charge in [-0.15, -0.1) is 0 Å². The Hall–Kier alpha value is -0.870. The van der Waals surface area contributed by atoms with Gasteiger partial charge in [-0.2, -0.15) is 0 Å². The average molecular weight is 291 g/mol. The molecule has 1 aliphatic heterocycles. The van der Waals surface area contributed by atoms with Crippen LogP contribution in [-0.2, 0) is 6.54 Å². The zero-order chi connectivity index (χ0) is 14.5. The van der Waals surface area contributed by atoms with Gasteiger partial charge in [0.25, 0.3) is 0 Å². The first kappa shape index (κ1) is 15.0. The topological polar surface area (TPSA) is 41.3 Å². The molecule has 2 heterocycles. The van der Waals surface area contributed by atoms with Crippen molar-refractivity contribution in [3.63, 3.8) is 0 Å². The van der Waals surface area contributed by atoms with Crippen molar-refractivity contribution in [2.24, 2.45) is 5.92 Å². The molecule has 0 bridgehead atoms. The highest BCUT2D eigenvalue weighted by atomic mass is 16.3. The van der Waals surface area contributed by atoms with Gasteiger partial charge in [-0.05, 0) is 38.6 Å². The monoisotopic (exact) mass is 291 g/mol. The highest BCUT2D eigenvalue weighted by Gasteiger charge is 2.35. The molecule has 21 heavy (non-hydrogen) atoms. The maximum absolute atomic E-state index is 10.4. The molecule has 1 aromatic rings. The predicted molar refractivity (Wildman–Crippen MR) is 84.0 cm³/mol. The van der Waals surface area contributed by atoms with Crippen molar-refractivity contribution in [2.45, 2.75) is 70.1 Å². The van der Waals surface area contributed by atoms with Crippen LogP contribution < -0.4 is 0 Å². The van der Waals surface area contributed by atoms with E-state index in [1.54, 1.807) is 0 Å². The number of rotatable bonds is 5. The van der Waals surface area contributed by atoms with E-state index in [-0.39, 0.29) is 6.10 Å². The lowest BCUT2D eigenvalue weighted by molar-refractivity contribution is -0.00614. The van der Waals surface area contributed by atoms with Gasteiger partial charge in [-0.3, -0.25) is 4.90 Å². The first-order valence-corrected chi connectivity index (χ1v) is 8.72. The third-order valence-corrected chi connectivity index (χ3v) is 5.36. The van der Waals surface area contributed by atoms with Crippen LogP contribution in [0, 0.1) is 5.92 Å². The van der Waals surface area contributed by atoms with E-state index in [0.717, 1.165) is 19.5 Å². The number of aliphatic hydroxyl groups is 1. The van der Waals surface area contributed by atoms with Crippen LogP contribution in [0.5, 0.6) is 0 Å². The van der Waals surface area contributed by atoms with Crippen molar-refractivity contribution in [3.8, 4) is 0 Å². The number of likely N-dealkylation sites (tertiary alicyclic amines) is 1. The second-order valence-electron chi connectivity index (χ2n) is 6.77. The fourth-order valence-corrected chi connectivity index (χ4v) is 4.24. The van der Waals surface area contributed by atoms with E-state index in [1.807, 2.05) is 18.7 Å². The van der Waals surface area contributed by atoms with Crippen LogP contribution in [0.15, 0.2) is 18.7 Å². The van der Waals surface area contributed by atoms with Crippen LogP contribution in [0.2, 0.25) is 0 Å². The van der Waals surface area contributed by atoms with Gasteiger partial charge >= 0.3 is 0 Å². The lowest BCUT2D eigenvalue weighted by atomic mass is 9.78. The molecule has 3 unspecified atom stereocenters. The number of hydrogen-bond donors (Lipinski definition) is 1. The Morgan fingerprint density at radius 1 is 1.05 bits per heavy atom. The molecule has 3 rings (SSSR count). The smallest absolute Gasteiger partial charge is 0.0945 e. The molecule has 1 saturated heterocycles. The highest BCUT2D eigenvalue weighted by molar-refractivity contribution is 4.89. The summed E-state index contributed by atoms with van der Waals surface area (Å²) in [6.07, 6.45) is 15.6. The van der Waals surface area contributed by atoms with E-state index in [1.165, 1.54) is 51.5 Å². The maximum atomic E-state index is 10.4. The van der Waals surface area contributed by atoms with Crippen molar-refractivity contribution in [3.05, 3.63) is 18.7 Å². The molecule has 4 heteroatoms. The standard InChI is InChI=1S/C17H29N3O/c21-17-8-2-1-6-15(17)16-7-3-4-11-20(16)12-5-10-19-13-9-18-14-19/h9,13-17,21H,1-8,10-12H2. The Bertz CT molecular complexity index is 406. The average Bonchev–Trinajstić information content (AvgIpc) is 3.02. The van der Waals surface area contributed by atoms with Gasteiger partial charge in [0.15, 0.2) is 0 Å². The first-order valence-electron chi connectivity index (χ1n) is 8.72.